The van der Waals surface area contributed by atoms with Gasteiger partial charge in [0.15, 0.2) is 0 Å². The van der Waals surface area contributed by atoms with Gasteiger partial charge in [-0.1, -0.05) is 30.7 Å². The van der Waals surface area contributed by atoms with Gasteiger partial charge >= 0.3 is 0 Å². The van der Waals surface area contributed by atoms with E-state index in [0.29, 0.717) is 5.02 Å². The Kier molecular flexibility index (Phi) is 4.68. The van der Waals surface area contributed by atoms with E-state index in [1.165, 1.54) is 11.3 Å². The maximum absolute atomic E-state index is 6.29. The molecule has 108 valence electrons. The number of benzene rings is 1. The molecule has 4 nitrogen and oxygen atoms in total. The Morgan fingerprint density at radius 2 is 2.15 bits per heavy atom. The van der Waals surface area contributed by atoms with Crippen LogP contribution in [-0.4, -0.2) is 30.4 Å². The first-order valence-corrected chi connectivity index (χ1v) is 7.10. The van der Waals surface area contributed by atoms with Crippen LogP contribution in [0.25, 0.3) is 0 Å². The molecule has 0 aliphatic rings. The second kappa shape index (κ2) is 6.29. The van der Waals surface area contributed by atoms with Gasteiger partial charge in [-0.25, -0.2) is 0 Å². The highest BCUT2D eigenvalue weighted by atomic mass is 35.5. The van der Waals surface area contributed by atoms with Crippen molar-refractivity contribution in [3.05, 3.63) is 46.7 Å². The van der Waals surface area contributed by atoms with Crippen molar-refractivity contribution in [3.63, 3.8) is 0 Å². The van der Waals surface area contributed by atoms with Crippen LogP contribution in [-0.2, 0) is 7.05 Å². The lowest BCUT2D eigenvalue weighted by atomic mass is 10.0. The van der Waals surface area contributed by atoms with E-state index in [9.17, 15) is 0 Å². The van der Waals surface area contributed by atoms with E-state index in [2.05, 4.69) is 46.5 Å². The van der Waals surface area contributed by atoms with Crippen molar-refractivity contribution >= 4 is 17.3 Å². The molecule has 0 aliphatic heterocycles. The lowest BCUT2D eigenvalue weighted by Crippen LogP contribution is -2.25. The van der Waals surface area contributed by atoms with Gasteiger partial charge in [0.2, 0.25) is 0 Å². The van der Waals surface area contributed by atoms with Crippen molar-refractivity contribution in [1.29, 1.82) is 0 Å². The highest BCUT2D eigenvalue weighted by Gasteiger charge is 2.20. The summed E-state index contributed by atoms with van der Waals surface area (Å²) in [6.07, 6.45) is 1.69. The molecule has 1 N–H and O–H groups in total. The number of nitrogens with one attached hydrogen (secondary N) is 1. The summed E-state index contributed by atoms with van der Waals surface area (Å²) < 4.78 is 1.83. The van der Waals surface area contributed by atoms with E-state index in [1.807, 2.05) is 25.8 Å². The molecule has 1 heterocycles. The lowest BCUT2D eigenvalue weighted by Gasteiger charge is -2.21. The number of hydrogen-bond donors (Lipinski definition) is 1. The van der Waals surface area contributed by atoms with Gasteiger partial charge in [0.05, 0.1) is 23.0 Å². The largest absolute Gasteiger partial charge is 0.378 e. The molecule has 0 amide bonds. The van der Waals surface area contributed by atoms with Crippen LogP contribution in [0.4, 0.5) is 5.69 Å². The van der Waals surface area contributed by atoms with E-state index < -0.39 is 0 Å². The summed E-state index contributed by atoms with van der Waals surface area (Å²) in [5, 5.41) is 8.41. The monoisotopic (exact) mass is 292 g/mol. The van der Waals surface area contributed by atoms with Crippen LogP contribution in [0.1, 0.15) is 24.2 Å². The second-order valence-corrected chi connectivity index (χ2v) is 5.39. The zero-order valence-corrected chi connectivity index (χ0v) is 13.1. The zero-order valence-electron chi connectivity index (χ0n) is 12.4. The van der Waals surface area contributed by atoms with Crippen molar-refractivity contribution < 1.29 is 0 Å². The van der Waals surface area contributed by atoms with Gasteiger partial charge in [-0.15, -0.1) is 0 Å². The molecule has 0 aliphatic carbocycles. The fourth-order valence-electron chi connectivity index (χ4n) is 2.30. The molecular formula is C15H21ClN4. The molecule has 20 heavy (non-hydrogen) atoms. The number of hydrogen-bond acceptors (Lipinski definition) is 3. The van der Waals surface area contributed by atoms with Crippen molar-refractivity contribution in [3.8, 4) is 0 Å². The predicted octanol–water partition coefficient (Wildman–Crippen LogP) is 2.84. The topological polar surface area (TPSA) is 33.1 Å². The fourth-order valence-corrected chi connectivity index (χ4v) is 2.58. The Morgan fingerprint density at radius 1 is 1.40 bits per heavy atom. The minimum absolute atomic E-state index is 0.0416. The molecule has 2 aromatic rings. The molecule has 2 rings (SSSR count). The highest BCUT2D eigenvalue weighted by molar-refractivity contribution is 6.31. The van der Waals surface area contributed by atoms with Crippen molar-refractivity contribution in [1.82, 2.24) is 15.1 Å². The first-order chi connectivity index (χ1) is 9.54. The number of aromatic nitrogens is 2. The summed E-state index contributed by atoms with van der Waals surface area (Å²) in [6, 6.07) is 8.50. The van der Waals surface area contributed by atoms with Gasteiger partial charge in [-0.2, -0.15) is 5.10 Å². The minimum Gasteiger partial charge on any atom is -0.378 e. The van der Waals surface area contributed by atoms with Crippen LogP contribution in [0.5, 0.6) is 0 Å². The molecule has 1 unspecified atom stereocenters. The van der Waals surface area contributed by atoms with Crippen LogP contribution in [0.2, 0.25) is 5.02 Å². The number of rotatable bonds is 5. The smallest absolute Gasteiger partial charge is 0.0837 e. The highest BCUT2D eigenvalue weighted by Crippen LogP contribution is 2.29. The Morgan fingerprint density at radius 3 is 2.70 bits per heavy atom. The summed E-state index contributed by atoms with van der Waals surface area (Å²) in [5.41, 5.74) is 3.34. The molecule has 0 spiro atoms. The second-order valence-electron chi connectivity index (χ2n) is 4.98. The van der Waals surface area contributed by atoms with Gasteiger partial charge < -0.3 is 10.2 Å². The minimum atomic E-state index is 0.0416. The maximum atomic E-state index is 6.29. The third kappa shape index (κ3) is 2.97. The third-order valence-electron chi connectivity index (χ3n) is 3.34. The van der Waals surface area contributed by atoms with Crippen molar-refractivity contribution in [2.45, 2.75) is 13.0 Å². The molecule has 0 bridgehead atoms. The SMILES string of the molecule is CCNC(c1cccc(N(C)C)c1)c1c(Cl)cnn1C. The molecule has 0 radical (unpaired) electrons. The lowest BCUT2D eigenvalue weighted by molar-refractivity contribution is 0.573. The standard InChI is InChI=1S/C15H21ClN4/c1-5-17-14(15-13(16)10-18-20(15)4)11-7-6-8-12(9-11)19(2)3/h6-10,14,17H,5H2,1-4H3. The molecule has 0 saturated heterocycles. The van der Waals surface area contributed by atoms with Gasteiger partial charge in [0.1, 0.15) is 0 Å². The third-order valence-corrected chi connectivity index (χ3v) is 3.63. The Bertz CT molecular complexity index is 558. The van der Waals surface area contributed by atoms with Crippen LogP contribution in [0, 0.1) is 0 Å². The summed E-state index contributed by atoms with van der Waals surface area (Å²) in [4.78, 5) is 2.09. The fraction of sp³-hybridized carbons (Fsp3) is 0.400. The van der Waals surface area contributed by atoms with E-state index in [-0.39, 0.29) is 6.04 Å². The first kappa shape index (κ1) is 14.9. The molecule has 1 aromatic heterocycles. The molecule has 1 atom stereocenters. The van der Waals surface area contributed by atoms with Crippen LogP contribution >= 0.6 is 11.6 Å². The van der Waals surface area contributed by atoms with Gasteiger partial charge in [-0.05, 0) is 24.2 Å². The van der Waals surface area contributed by atoms with Crippen LogP contribution in [0.15, 0.2) is 30.5 Å². The number of aryl methyl sites for hydroxylation is 1. The average Bonchev–Trinajstić information content (AvgIpc) is 2.76. The number of nitrogens with zero attached hydrogens (tertiary/aromatic N) is 3. The predicted molar refractivity (Wildman–Crippen MR) is 84.5 cm³/mol. The Labute approximate surface area is 125 Å². The molecule has 0 fully saturated rings. The Hall–Kier alpha value is -1.52. The van der Waals surface area contributed by atoms with Crippen molar-refractivity contribution in [2.75, 3.05) is 25.5 Å². The Balaban J connectivity index is 2.46. The first-order valence-electron chi connectivity index (χ1n) is 6.72. The van der Waals surface area contributed by atoms with Crippen molar-refractivity contribution in [2.24, 2.45) is 7.05 Å². The zero-order chi connectivity index (χ0) is 14.7. The van der Waals surface area contributed by atoms with E-state index in [4.69, 9.17) is 11.6 Å². The number of anilines is 1. The van der Waals surface area contributed by atoms with Gasteiger partial charge in [0.25, 0.3) is 0 Å². The number of halogens is 1. The quantitative estimate of drug-likeness (QED) is 0.920. The van der Waals surface area contributed by atoms with Crippen LogP contribution in [0.3, 0.4) is 0 Å². The van der Waals surface area contributed by atoms with Gasteiger partial charge in [0, 0.05) is 26.8 Å². The summed E-state index contributed by atoms with van der Waals surface area (Å²) in [6.45, 7) is 2.95. The molecular weight excluding hydrogens is 272 g/mol. The molecule has 5 heteroatoms. The van der Waals surface area contributed by atoms with E-state index in [0.717, 1.165) is 12.2 Å². The summed E-state index contributed by atoms with van der Waals surface area (Å²) in [7, 11) is 6.00. The summed E-state index contributed by atoms with van der Waals surface area (Å²) in [5.74, 6) is 0. The summed E-state index contributed by atoms with van der Waals surface area (Å²) >= 11 is 6.29. The van der Waals surface area contributed by atoms with E-state index in [1.54, 1.807) is 6.20 Å². The maximum Gasteiger partial charge on any atom is 0.0837 e. The molecule has 1 aromatic carbocycles. The molecule has 0 saturated carbocycles. The average molecular weight is 293 g/mol. The van der Waals surface area contributed by atoms with E-state index >= 15 is 0 Å². The van der Waals surface area contributed by atoms with Gasteiger partial charge in [-0.3, -0.25) is 4.68 Å². The van der Waals surface area contributed by atoms with Crippen LogP contribution < -0.4 is 10.2 Å². The normalized spacial score (nSPS) is 12.4.